The predicted molar refractivity (Wildman–Crippen MR) is 123 cm³/mol. The molecule has 0 unspecified atom stereocenters. The van der Waals surface area contributed by atoms with E-state index >= 15 is 0 Å². The highest BCUT2D eigenvalue weighted by atomic mass is 35.5. The zero-order valence-corrected chi connectivity index (χ0v) is 19.8. The molecule has 0 aliphatic carbocycles. The van der Waals surface area contributed by atoms with Crippen LogP contribution < -0.4 is 13.8 Å². The lowest BCUT2D eigenvalue weighted by Crippen LogP contribution is -2.51. The summed E-state index contributed by atoms with van der Waals surface area (Å²) in [4.78, 5) is 16.8. The van der Waals surface area contributed by atoms with Gasteiger partial charge in [0.15, 0.2) is 11.5 Å². The molecule has 0 bridgehead atoms. The Kier molecular flexibility index (Phi) is 6.71. The molecule has 0 saturated carbocycles. The molecule has 0 N–H and O–H groups in total. The molecule has 2 aliphatic heterocycles. The van der Waals surface area contributed by atoms with Crippen molar-refractivity contribution in [3.05, 3.63) is 52.0 Å². The molecule has 0 atom stereocenters. The molecule has 0 spiro atoms. The van der Waals surface area contributed by atoms with Crippen molar-refractivity contribution in [2.24, 2.45) is 0 Å². The van der Waals surface area contributed by atoms with Crippen LogP contribution in [-0.2, 0) is 21.4 Å². The van der Waals surface area contributed by atoms with Gasteiger partial charge in [0.1, 0.15) is 6.54 Å². The maximum atomic E-state index is 12.9. The Hall–Kier alpha value is -2.20. The summed E-state index contributed by atoms with van der Waals surface area (Å²) in [5, 5.41) is 0.545. The number of rotatable bonds is 6. The number of anilines is 1. The molecular formula is C21H23Cl2N3O5S. The summed E-state index contributed by atoms with van der Waals surface area (Å²) in [5.41, 5.74) is 1.30. The molecule has 1 saturated heterocycles. The smallest absolute Gasteiger partial charge is 0.243 e. The fourth-order valence-electron chi connectivity index (χ4n) is 3.73. The molecule has 2 aliphatic rings. The van der Waals surface area contributed by atoms with E-state index in [4.69, 9.17) is 32.7 Å². The number of nitrogens with zero attached hydrogens (tertiary/aromatic N) is 3. The van der Waals surface area contributed by atoms with Crippen molar-refractivity contribution >= 4 is 44.8 Å². The van der Waals surface area contributed by atoms with E-state index < -0.39 is 10.0 Å². The molecule has 2 aromatic carbocycles. The summed E-state index contributed by atoms with van der Waals surface area (Å²) in [6.45, 7) is 3.00. The Labute approximate surface area is 197 Å². The molecule has 172 valence electrons. The topological polar surface area (TPSA) is 79.4 Å². The number of hydrogen-bond donors (Lipinski definition) is 0. The summed E-state index contributed by atoms with van der Waals surface area (Å²) in [5.74, 6) is 1.21. The van der Waals surface area contributed by atoms with E-state index in [9.17, 15) is 13.2 Å². The van der Waals surface area contributed by atoms with E-state index in [1.165, 1.54) is 12.1 Å². The molecule has 11 heteroatoms. The lowest BCUT2D eigenvalue weighted by atomic mass is 10.1. The minimum atomic E-state index is -3.74. The number of fused-ring (bicyclic) bond motifs is 1. The lowest BCUT2D eigenvalue weighted by Gasteiger charge is -2.36. The molecule has 1 amide bonds. The quantitative estimate of drug-likeness (QED) is 0.607. The first-order valence-electron chi connectivity index (χ1n) is 10.0. The number of carbonyl (C=O) groups is 1. The molecule has 2 aromatic rings. The Balaban J connectivity index is 1.37. The van der Waals surface area contributed by atoms with Crippen molar-refractivity contribution in [3.8, 4) is 11.5 Å². The highest BCUT2D eigenvalue weighted by Gasteiger charge is 2.28. The number of sulfonamides is 1. The van der Waals surface area contributed by atoms with Crippen LogP contribution in [0.2, 0.25) is 10.0 Å². The van der Waals surface area contributed by atoms with Gasteiger partial charge in [-0.2, -0.15) is 0 Å². The number of piperazine rings is 1. The summed E-state index contributed by atoms with van der Waals surface area (Å²) in [7, 11) is -3.74. The van der Waals surface area contributed by atoms with E-state index in [0.29, 0.717) is 31.2 Å². The van der Waals surface area contributed by atoms with Gasteiger partial charge in [0, 0.05) is 37.7 Å². The van der Waals surface area contributed by atoms with Crippen LogP contribution in [0.25, 0.3) is 0 Å². The third kappa shape index (κ3) is 5.23. The van der Waals surface area contributed by atoms with Crippen LogP contribution in [0.1, 0.15) is 5.56 Å². The van der Waals surface area contributed by atoms with Crippen molar-refractivity contribution in [2.45, 2.75) is 6.54 Å². The van der Waals surface area contributed by atoms with Gasteiger partial charge < -0.3 is 14.4 Å². The Morgan fingerprint density at radius 1 is 1.03 bits per heavy atom. The zero-order chi connectivity index (χ0) is 22.9. The van der Waals surface area contributed by atoms with Crippen molar-refractivity contribution in [3.63, 3.8) is 0 Å². The van der Waals surface area contributed by atoms with Crippen LogP contribution in [0.3, 0.4) is 0 Å². The molecule has 0 aromatic heterocycles. The predicted octanol–water partition coefficient (Wildman–Crippen LogP) is 2.83. The van der Waals surface area contributed by atoms with Crippen molar-refractivity contribution in [1.29, 1.82) is 0 Å². The van der Waals surface area contributed by atoms with Crippen LogP contribution in [-0.4, -0.2) is 69.9 Å². The van der Waals surface area contributed by atoms with Gasteiger partial charge in [0.25, 0.3) is 0 Å². The van der Waals surface area contributed by atoms with Gasteiger partial charge in [-0.25, -0.2) is 8.42 Å². The second-order valence-electron chi connectivity index (χ2n) is 7.71. The highest BCUT2D eigenvalue weighted by molar-refractivity contribution is 7.92. The Bertz CT molecular complexity index is 1120. The van der Waals surface area contributed by atoms with Gasteiger partial charge in [0.05, 0.1) is 17.0 Å². The van der Waals surface area contributed by atoms with E-state index in [-0.39, 0.29) is 30.0 Å². The summed E-state index contributed by atoms with van der Waals surface area (Å²) in [6, 6.07) is 10.4. The average molecular weight is 500 g/mol. The third-order valence-corrected chi connectivity index (χ3v) is 7.11. The maximum Gasteiger partial charge on any atom is 0.243 e. The molecule has 32 heavy (non-hydrogen) atoms. The van der Waals surface area contributed by atoms with Crippen molar-refractivity contribution in [1.82, 2.24) is 9.80 Å². The molecule has 1 fully saturated rings. The number of carbonyl (C=O) groups excluding carboxylic acids is 1. The standard InChI is InChI=1S/C21H23Cl2N3O5S/c1-32(28,29)26(18-11-16(22)3-4-17(18)23)13-21(27)25-8-6-24(7-9-25)12-15-2-5-19-20(10-15)31-14-30-19/h2-5,10-11H,6-9,12-14H2,1H3. The van der Waals surface area contributed by atoms with Crippen LogP contribution in [0.15, 0.2) is 36.4 Å². The zero-order valence-electron chi connectivity index (χ0n) is 17.5. The molecule has 0 radical (unpaired) electrons. The molecule has 4 rings (SSSR count). The minimum Gasteiger partial charge on any atom is -0.454 e. The van der Waals surface area contributed by atoms with Gasteiger partial charge in [-0.1, -0.05) is 29.3 Å². The SMILES string of the molecule is CS(=O)(=O)N(CC(=O)N1CCN(Cc2ccc3c(c2)OCO3)CC1)c1cc(Cl)ccc1Cl. The van der Waals surface area contributed by atoms with Crippen LogP contribution >= 0.6 is 23.2 Å². The number of hydrogen-bond acceptors (Lipinski definition) is 6. The van der Waals surface area contributed by atoms with Crippen LogP contribution in [0.4, 0.5) is 5.69 Å². The highest BCUT2D eigenvalue weighted by Crippen LogP contribution is 2.33. The second-order valence-corrected chi connectivity index (χ2v) is 10.5. The van der Waals surface area contributed by atoms with E-state index in [2.05, 4.69) is 4.90 Å². The first kappa shape index (κ1) is 23.0. The summed E-state index contributed by atoms with van der Waals surface area (Å²) in [6.07, 6.45) is 1.04. The van der Waals surface area contributed by atoms with Gasteiger partial charge >= 0.3 is 0 Å². The first-order valence-corrected chi connectivity index (χ1v) is 12.6. The van der Waals surface area contributed by atoms with Gasteiger partial charge in [0.2, 0.25) is 22.7 Å². The summed E-state index contributed by atoms with van der Waals surface area (Å²) < 4.78 is 36.5. The monoisotopic (exact) mass is 499 g/mol. The Morgan fingerprint density at radius 3 is 2.47 bits per heavy atom. The lowest BCUT2D eigenvalue weighted by molar-refractivity contribution is -0.131. The number of benzene rings is 2. The first-order chi connectivity index (χ1) is 15.2. The van der Waals surface area contributed by atoms with Crippen molar-refractivity contribution in [2.75, 3.05) is 50.1 Å². The number of halogens is 2. The number of amides is 1. The van der Waals surface area contributed by atoms with Gasteiger partial charge in [-0.05, 0) is 35.9 Å². The molecule has 8 nitrogen and oxygen atoms in total. The summed E-state index contributed by atoms with van der Waals surface area (Å²) >= 11 is 12.2. The van der Waals surface area contributed by atoms with Crippen LogP contribution in [0.5, 0.6) is 11.5 Å². The maximum absolute atomic E-state index is 12.9. The van der Waals surface area contributed by atoms with Gasteiger partial charge in [-0.3, -0.25) is 14.0 Å². The van der Waals surface area contributed by atoms with E-state index in [1.54, 1.807) is 11.0 Å². The fourth-order valence-corrected chi connectivity index (χ4v) is 5.02. The Morgan fingerprint density at radius 2 is 1.75 bits per heavy atom. The van der Waals surface area contributed by atoms with Gasteiger partial charge in [-0.15, -0.1) is 0 Å². The third-order valence-electron chi connectivity index (χ3n) is 5.42. The van der Waals surface area contributed by atoms with E-state index in [0.717, 1.165) is 34.2 Å². The van der Waals surface area contributed by atoms with E-state index in [1.807, 2.05) is 18.2 Å². The largest absolute Gasteiger partial charge is 0.454 e. The van der Waals surface area contributed by atoms with Crippen molar-refractivity contribution < 1.29 is 22.7 Å². The normalized spacial score (nSPS) is 16.3. The molecule has 2 heterocycles. The molecular weight excluding hydrogens is 477 g/mol. The second kappa shape index (κ2) is 9.35. The number of ether oxygens (including phenoxy) is 2. The minimum absolute atomic E-state index is 0.191. The average Bonchev–Trinajstić information content (AvgIpc) is 3.21. The fraction of sp³-hybridized carbons (Fsp3) is 0.381. The van der Waals surface area contributed by atoms with Crippen LogP contribution in [0, 0.1) is 0 Å².